The second-order valence-electron chi connectivity index (χ2n) is 14.7. The van der Waals surface area contributed by atoms with Crippen LogP contribution in [0, 0.1) is 0 Å². The number of nitrogens with zero attached hydrogens (tertiary/aromatic N) is 6. The number of H-pyrrole nitrogens is 1. The minimum atomic E-state index is -0.559. The van der Waals surface area contributed by atoms with Crippen LogP contribution in [0.25, 0.3) is 28.2 Å². The maximum Gasteiger partial charge on any atom is 0.248 e. The number of halogens is 2. The third-order valence-electron chi connectivity index (χ3n) is 10.1. The van der Waals surface area contributed by atoms with Crippen LogP contribution in [0.5, 0.6) is 0 Å². The molecule has 4 aromatic rings. The molecule has 4 N–H and O–H groups in total. The molecule has 5 heterocycles. The number of aliphatic hydroxyl groups is 1. The fourth-order valence-corrected chi connectivity index (χ4v) is 8.40. The highest BCUT2D eigenvalue weighted by atomic mass is 35.5. The number of thiophene rings is 1. The first kappa shape index (κ1) is 43.6. The van der Waals surface area contributed by atoms with Crippen molar-refractivity contribution in [1.82, 2.24) is 40.1 Å². The first-order chi connectivity index (χ1) is 28.4. The predicted octanol–water partition coefficient (Wildman–Crippen LogP) is 4.08. The zero-order valence-corrected chi connectivity index (χ0v) is 35.5. The number of nitrogens with one attached hydrogen (secondary N) is 3. The number of anilines is 1. The molecular formula is C41H49Cl2N9O6S. The Balaban J connectivity index is 0.874. The molecule has 2 aliphatic heterocycles. The van der Waals surface area contributed by atoms with Crippen molar-refractivity contribution < 1.29 is 29.1 Å². The van der Waals surface area contributed by atoms with E-state index in [1.165, 1.54) is 23.5 Å². The average molecular weight is 867 g/mol. The van der Waals surface area contributed by atoms with E-state index in [1.807, 2.05) is 37.2 Å². The van der Waals surface area contributed by atoms with E-state index in [4.69, 9.17) is 23.2 Å². The highest BCUT2D eigenvalue weighted by molar-refractivity contribution is 7.17. The smallest absolute Gasteiger partial charge is 0.248 e. The zero-order chi connectivity index (χ0) is 42.1. The van der Waals surface area contributed by atoms with Gasteiger partial charge in [0.1, 0.15) is 19.7 Å². The van der Waals surface area contributed by atoms with Gasteiger partial charge in [0.2, 0.25) is 29.5 Å². The lowest BCUT2D eigenvalue weighted by Crippen LogP contribution is -2.51. The maximum atomic E-state index is 12.8. The number of hydrogen-bond acceptors (Lipinski definition) is 9. The highest BCUT2D eigenvalue weighted by Gasteiger charge is 2.29. The van der Waals surface area contributed by atoms with Crippen LogP contribution >= 0.6 is 34.5 Å². The molecule has 1 saturated heterocycles. The summed E-state index contributed by atoms with van der Waals surface area (Å²) < 4.78 is 1.56. The molecule has 0 radical (unpaired) electrons. The largest absolute Gasteiger partial charge is 0.387 e. The summed E-state index contributed by atoms with van der Waals surface area (Å²) in [4.78, 5) is 73.7. The Morgan fingerprint density at radius 3 is 2.51 bits per heavy atom. The molecule has 1 fully saturated rings. The molecule has 18 heteroatoms. The van der Waals surface area contributed by atoms with Gasteiger partial charge in [-0.05, 0) is 57.3 Å². The summed E-state index contributed by atoms with van der Waals surface area (Å²) in [6, 6.07) is 7.28. The molecular weight excluding hydrogens is 817 g/mol. The van der Waals surface area contributed by atoms with E-state index < -0.39 is 6.61 Å². The van der Waals surface area contributed by atoms with Crippen molar-refractivity contribution in [2.75, 3.05) is 71.4 Å². The molecule has 5 amide bonds. The average Bonchev–Trinajstić information content (AvgIpc) is 3.98. The number of aliphatic hydroxyl groups excluding tert-OH is 1. The lowest BCUT2D eigenvalue weighted by atomic mass is 9.99. The fraction of sp³-hybridized carbons (Fsp3) is 0.415. The van der Waals surface area contributed by atoms with E-state index in [0.717, 1.165) is 57.8 Å². The van der Waals surface area contributed by atoms with Gasteiger partial charge in [0.25, 0.3) is 0 Å². The standard InChI is InChI=1S/C41H49Cl2N9O6S/c1-48(2)17-7-8-35(56)50-20-21-52(36(57)25-50)38-12-10-27(59-38)9-11-33(54)44-15-5-3-4-6-16-45-34(55)24-51-19-14-32(47-51)28-22-30(42)40(43)41-39(28)29-23-49(37(58)26-53)18-13-31(29)46-41/h7-12,14,19,22,46,53H,3-6,13,15-18,20-21,23-26H2,1-2H3,(H,44,54)(H,45,55)/b8-7?,11-9+. The molecule has 0 atom stereocenters. The number of benzene rings is 1. The van der Waals surface area contributed by atoms with E-state index in [9.17, 15) is 29.1 Å². The van der Waals surface area contributed by atoms with Crippen LogP contribution in [0.15, 0.2) is 48.7 Å². The van der Waals surface area contributed by atoms with Crippen LogP contribution in [-0.2, 0) is 43.5 Å². The van der Waals surface area contributed by atoms with Gasteiger partial charge < -0.3 is 40.3 Å². The second kappa shape index (κ2) is 20.3. The minimum Gasteiger partial charge on any atom is -0.387 e. The topological polar surface area (TPSA) is 176 Å². The lowest BCUT2D eigenvalue weighted by Gasteiger charge is -2.33. The number of unbranched alkanes of at least 4 members (excludes halogenated alkanes) is 3. The van der Waals surface area contributed by atoms with Gasteiger partial charge >= 0.3 is 0 Å². The van der Waals surface area contributed by atoms with Crippen LogP contribution in [0.3, 0.4) is 0 Å². The van der Waals surface area contributed by atoms with Crippen LogP contribution in [0.2, 0.25) is 10.0 Å². The molecule has 2 aliphatic rings. The van der Waals surface area contributed by atoms with Gasteiger partial charge in [-0.3, -0.25) is 28.7 Å². The molecule has 0 saturated carbocycles. The van der Waals surface area contributed by atoms with Gasteiger partial charge in [0.15, 0.2) is 0 Å². The third kappa shape index (κ3) is 11.2. The van der Waals surface area contributed by atoms with Gasteiger partial charge in [-0.25, -0.2) is 0 Å². The highest BCUT2D eigenvalue weighted by Crippen LogP contribution is 2.42. The fourth-order valence-electron chi connectivity index (χ4n) is 7.05. The monoisotopic (exact) mass is 865 g/mol. The zero-order valence-electron chi connectivity index (χ0n) is 33.1. The van der Waals surface area contributed by atoms with E-state index in [0.29, 0.717) is 73.5 Å². The second-order valence-corrected chi connectivity index (χ2v) is 16.6. The summed E-state index contributed by atoms with van der Waals surface area (Å²) in [7, 11) is 3.84. The molecule has 0 aliphatic carbocycles. The first-order valence-electron chi connectivity index (χ1n) is 19.6. The SMILES string of the molecule is CN(C)CC=CC(=O)N1CCN(c2ccc(/C=C/C(=O)NCCCCCCNC(=O)Cn3ccc(-c4cc(Cl)c(Cl)c5[nH]c6c(c45)CN(C(=O)CO)CC6)n3)s2)C(=O)C1. The van der Waals surface area contributed by atoms with Gasteiger partial charge in [-0.2, -0.15) is 5.10 Å². The van der Waals surface area contributed by atoms with Crippen LogP contribution in [0.1, 0.15) is 41.8 Å². The van der Waals surface area contributed by atoms with E-state index in [1.54, 1.807) is 43.8 Å². The van der Waals surface area contributed by atoms with Crippen LogP contribution in [0.4, 0.5) is 5.00 Å². The Bertz CT molecular complexity index is 2250. The Morgan fingerprint density at radius 1 is 0.983 bits per heavy atom. The molecule has 15 nitrogen and oxygen atoms in total. The number of hydrogen-bond donors (Lipinski definition) is 4. The number of carbonyl (C=O) groups is 5. The normalized spacial score (nSPS) is 14.6. The van der Waals surface area contributed by atoms with Crippen molar-refractivity contribution in [1.29, 1.82) is 0 Å². The Hall–Kier alpha value is -5.00. The number of amides is 5. The van der Waals surface area contributed by atoms with Gasteiger partial charge in [0, 0.05) is 97.7 Å². The Kier molecular flexibility index (Phi) is 15.0. The number of aromatic amines is 1. The summed E-state index contributed by atoms with van der Waals surface area (Å²) in [5, 5.41) is 22.2. The molecule has 3 aromatic heterocycles. The van der Waals surface area contributed by atoms with Crippen molar-refractivity contribution in [3.8, 4) is 11.3 Å². The Morgan fingerprint density at radius 2 is 1.76 bits per heavy atom. The summed E-state index contributed by atoms with van der Waals surface area (Å²) in [5.41, 5.74) is 3.86. The molecule has 314 valence electrons. The van der Waals surface area contributed by atoms with Crippen molar-refractivity contribution >= 4 is 86.1 Å². The van der Waals surface area contributed by atoms with Gasteiger partial charge in [-0.15, -0.1) is 11.3 Å². The Labute approximate surface area is 356 Å². The molecule has 0 unspecified atom stereocenters. The van der Waals surface area contributed by atoms with Crippen molar-refractivity contribution in [2.45, 2.75) is 45.2 Å². The molecule has 0 spiro atoms. The molecule has 59 heavy (non-hydrogen) atoms. The number of likely N-dealkylation sites (N-methyl/N-ethyl adjacent to an activating group) is 1. The van der Waals surface area contributed by atoms with E-state index >= 15 is 0 Å². The van der Waals surface area contributed by atoms with Crippen LogP contribution in [-0.4, -0.2) is 131 Å². The van der Waals surface area contributed by atoms with E-state index in [-0.39, 0.29) is 42.6 Å². The summed E-state index contributed by atoms with van der Waals surface area (Å²) in [6.07, 6.45) is 12.2. The lowest BCUT2D eigenvalue weighted by molar-refractivity contribution is -0.135. The number of aromatic nitrogens is 3. The molecule has 0 bridgehead atoms. The van der Waals surface area contributed by atoms with E-state index in [2.05, 4.69) is 20.7 Å². The number of rotatable bonds is 17. The number of carbonyl (C=O) groups excluding carboxylic acids is 5. The number of fused-ring (bicyclic) bond motifs is 3. The van der Waals surface area contributed by atoms with Crippen molar-refractivity contribution in [2.24, 2.45) is 0 Å². The molecule has 6 rings (SSSR count). The summed E-state index contributed by atoms with van der Waals surface area (Å²) in [5.74, 6) is -1.02. The maximum absolute atomic E-state index is 12.8. The van der Waals surface area contributed by atoms with Crippen molar-refractivity contribution in [3.63, 3.8) is 0 Å². The van der Waals surface area contributed by atoms with Crippen LogP contribution < -0.4 is 15.5 Å². The van der Waals surface area contributed by atoms with Gasteiger partial charge in [-0.1, -0.05) is 42.1 Å². The quantitative estimate of drug-likeness (QED) is 0.0908. The predicted molar refractivity (Wildman–Crippen MR) is 230 cm³/mol. The first-order valence-corrected chi connectivity index (χ1v) is 21.2. The summed E-state index contributed by atoms with van der Waals surface area (Å²) >= 11 is 14.5. The minimum absolute atomic E-state index is 0.0295. The molecule has 1 aromatic carbocycles. The summed E-state index contributed by atoms with van der Waals surface area (Å²) in [6.45, 7) is 2.87. The van der Waals surface area contributed by atoms with Gasteiger partial charge in [0.05, 0.1) is 26.3 Å². The van der Waals surface area contributed by atoms with Crippen molar-refractivity contribution in [3.05, 3.63) is 74.9 Å². The number of piperazine rings is 1. The third-order valence-corrected chi connectivity index (χ3v) is 12.0.